The van der Waals surface area contributed by atoms with E-state index in [1.807, 2.05) is 20.0 Å². The Balaban J connectivity index is 1.83. The van der Waals surface area contributed by atoms with Gasteiger partial charge in [-0.25, -0.2) is 4.68 Å². The minimum atomic E-state index is 0.542. The van der Waals surface area contributed by atoms with Crippen LogP contribution in [0.4, 0.5) is 0 Å². The van der Waals surface area contributed by atoms with Gasteiger partial charge in [0, 0.05) is 19.2 Å². The summed E-state index contributed by atoms with van der Waals surface area (Å²) in [6.07, 6.45) is 1.06. The molecule has 2 rings (SSSR count). The van der Waals surface area contributed by atoms with Crippen LogP contribution in [-0.4, -0.2) is 22.4 Å². The van der Waals surface area contributed by atoms with Gasteiger partial charge in [0.05, 0.1) is 5.69 Å². The highest BCUT2D eigenvalue weighted by Gasteiger charge is 2.03. The smallest absolute Gasteiger partial charge is 0.212 e. The van der Waals surface area contributed by atoms with E-state index in [1.54, 1.807) is 4.68 Å². The highest BCUT2D eigenvalue weighted by atomic mass is 16.5. The number of benzene rings is 1. The molecule has 1 N–H and O–H groups in total. The molecule has 1 heterocycles. The number of hydrogen-bond acceptors (Lipinski definition) is 3. The fraction of sp³-hybridized carbons (Fsp3) is 0.471. The zero-order chi connectivity index (χ0) is 15.2. The Morgan fingerprint density at radius 2 is 1.86 bits per heavy atom. The first kappa shape index (κ1) is 15.6. The second-order valence-corrected chi connectivity index (χ2v) is 5.71. The number of ether oxygens (including phenoxy) is 1. The number of hydrogen-bond donors (Lipinski definition) is 1. The van der Waals surface area contributed by atoms with Gasteiger partial charge in [-0.15, -0.1) is 0 Å². The summed E-state index contributed by atoms with van der Waals surface area (Å²) in [6, 6.07) is 11.1. The molecule has 0 fully saturated rings. The SMILES string of the molecule is Cc1cc(OCc2ccc(CCNC(C)C)cc2)n(C)n1. The molecular formula is C17H25N3O. The molecule has 4 heteroatoms. The lowest BCUT2D eigenvalue weighted by molar-refractivity contribution is 0.279. The molecule has 114 valence electrons. The molecule has 0 spiro atoms. The third kappa shape index (κ3) is 4.90. The zero-order valence-electron chi connectivity index (χ0n) is 13.4. The Morgan fingerprint density at radius 1 is 1.19 bits per heavy atom. The molecule has 0 aliphatic rings. The van der Waals surface area contributed by atoms with Crippen molar-refractivity contribution in [3.63, 3.8) is 0 Å². The van der Waals surface area contributed by atoms with Crippen LogP contribution in [0.15, 0.2) is 30.3 Å². The van der Waals surface area contributed by atoms with Crippen LogP contribution in [0, 0.1) is 6.92 Å². The minimum Gasteiger partial charge on any atom is -0.473 e. The molecule has 0 aliphatic carbocycles. The predicted molar refractivity (Wildman–Crippen MR) is 85.6 cm³/mol. The maximum absolute atomic E-state index is 5.78. The molecule has 1 aromatic carbocycles. The average Bonchev–Trinajstić information content (AvgIpc) is 2.76. The van der Waals surface area contributed by atoms with E-state index in [-0.39, 0.29) is 0 Å². The molecule has 0 amide bonds. The Morgan fingerprint density at radius 3 is 2.43 bits per heavy atom. The van der Waals surface area contributed by atoms with Crippen LogP contribution in [0.1, 0.15) is 30.7 Å². The Bertz CT molecular complexity index is 558. The van der Waals surface area contributed by atoms with E-state index in [2.05, 4.69) is 48.5 Å². The van der Waals surface area contributed by atoms with E-state index < -0.39 is 0 Å². The molecule has 0 saturated carbocycles. The van der Waals surface area contributed by atoms with Gasteiger partial charge in [0.25, 0.3) is 0 Å². The number of aromatic nitrogens is 2. The molecule has 2 aromatic rings. The maximum Gasteiger partial charge on any atom is 0.212 e. The fourth-order valence-corrected chi connectivity index (χ4v) is 2.19. The van der Waals surface area contributed by atoms with Crippen LogP contribution < -0.4 is 10.1 Å². The van der Waals surface area contributed by atoms with E-state index >= 15 is 0 Å². The van der Waals surface area contributed by atoms with Gasteiger partial charge >= 0.3 is 0 Å². The van der Waals surface area contributed by atoms with Gasteiger partial charge < -0.3 is 10.1 Å². The van der Waals surface area contributed by atoms with Gasteiger partial charge in [-0.3, -0.25) is 0 Å². The summed E-state index contributed by atoms with van der Waals surface area (Å²) in [5.74, 6) is 0.803. The highest BCUT2D eigenvalue weighted by molar-refractivity contribution is 5.23. The van der Waals surface area contributed by atoms with Crippen molar-refractivity contribution in [2.45, 2.75) is 39.8 Å². The van der Waals surface area contributed by atoms with Gasteiger partial charge in [0.15, 0.2) is 0 Å². The number of nitrogens with zero attached hydrogens (tertiary/aromatic N) is 2. The van der Waals surface area contributed by atoms with E-state index in [1.165, 1.54) is 11.1 Å². The molecule has 1 aromatic heterocycles. The third-order valence-corrected chi connectivity index (χ3v) is 3.33. The van der Waals surface area contributed by atoms with Crippen molar-refractivity contribution in [3.05, 3.63) is 47.2 Å². The molecule has 0 radical (unpaired) electrons. The summed E-state index contributed by atoms with van der Waals surface area (Å²) in [5.41, 5.74) is 3.50. The minimum absolute atomic E-state index is 0.542. The first-order valence-electron chi connectivity index (χ1n) is 7.49. The average molecular weight is 287 g/mol. The normalized spacial score (nSPS) is 11.1. The first-order valence-corrected chi connectivity index (χ1v) is 7.49. The van der Waals surface area contributed by atoms with Crippen molar-refractivity contribution in [1.82, 2.24) is 15.1 Å². The zero-order valence-corrected chi connectivity index (χ0v) is 13.4. The van der Waals surface area contributed by atoms with Crippen molar-refractivity contribution < 1.29 is 4.74 Å². The highest BCUT2D eigenvalue weighted by Crippen LogP contribution is 2.14. The van der Waals surface area contributed by atoms with Crippen LogP contribution in [0.5, 0.6) is 5.88 Å². The molecule has 4 nitrogen and oxygen atoms in total. The summed E-state index contributed by atoms with van der Waals surface area (Å²) in [4.78, 5) is 0. The third-order valence-electron chi connectivity index (χ3n) is 3.33. The van der Waals surface area contributed by atoms with Crippen molar-refractivity contribution in [2.24, 2.45) is 7.05 Å². The summed E-state index contributed by atoms with van der Waals surface area (Å²) in [5, 5.41) is 7.70. The Labute approximate surface area is 127 Å². The van der Waals surface area contributed by atoms with E-state index in [0.29, 0.717) is 12.6 Å². The second kappa shape index (κ2) is 7.27. The Kier molecular flexibility index (Phi) is 5.39. The monoisotopic (exact) mass is 287 g/mol. The number of nitrogens with one attached hydrogen (secondary N) is 1. The van der Waals surface area contributed by atoms with Gasteiger partial charge in [-0.2, -0.15) is 5.10 Å². The van der Waals surface area contributed by atoms with Crippen LogP contribution in [0.25, 0.3) is 0 Å². The lowest BCUT2D eigenvalue weighted by Crippen LogP contribution is -2.24. The second-order valence-electron chi connectivity index (χ2n) is 5.71. The predicted octanol–water partition coefficient (Wildman–Crippen LogP) is 2.85. The van der Waals surface area contributed by atoms with Crippen molar-refractivity contribution >= 4 is 0 Å². The van der Waals surface area contributed by atoms with Crippen LogP contribution in [-0.2, 0) is 20.1 Å². The summed E-state index contributed by atoms with van der Waals surface area (Å²) in [7, 11) is 1.90. The van der Waals surface area contributed by atoms with Crippen LogP contribution >= 0.6 is 0 Å². The van der Waals surface area contributed by atoms with E-state index in [4.69, 9.17) is 4.74 Å². The summed E-state index contributed by atoms with van der Waals surface area (Å²) < 4.78 is 7.55. The van der Waals surface area contributed by atoms with Crippen molar-refractivity contribution in [3.8, 4) is 5.88 Å². The van der Waals surface area contributed by atoms with Gasteiger partial charge in [-0.1, -0.05) is 38.1 Å². The first-order chi connectivity index (χ1) is 10.0. The van der Waals surface area contributed by atoms with Gasteiger partial charge in [0.2, 0.25) is 5.88 Å². The standard InChI is InChI=1S/C17H25N3O/c1-13(2)18-10-9-15-5-7-16(8-6-15)12-21-17-11-14(3)19-20(17)4/h5-8,11,13,18H,9-10,12H2,1-4H3. The fourth-order valence-electron chi connectivity index (χ4n) is 2.19. The molecule has 0 unspecified atom stereocenters. The van der Waals surface area contributed by atoms with E-state index in [0.717, 1.165) is 24.5 Å². The van der Waals surface area contributed by atoms with Crippen LogP contribution in [0.3, 0.4) is 0 Å². The number of rotatable bonds is 7. The van der Waals surface area contributed by atoms with Crippen molar-refractivity contribution in [1.29, 1.82) is 0 Å². The molecular weight excluding hydrogens is 262 g/mol. The van der Waals surface area contributed by atoms with Gasteiger partial charge in [-0.05, 0) is 31.0 Å². The van der Waals surface area contributed by atoms with Crippen LogP contribution in [0.2, 0.25) is 0 Å². The topological polar surface area (TPSA) is 39.1 Å². The largest absolute Gasteiger partial charge is 0.473 e. The van der Waals surface area contributed by atoms with Gasteiger partial charge in [0.1, 0.15) is 6.61 Å². The molecule has 0 aliphatic heterocycles. The maximum atomic E-state index is 5.78. The lowest BCUT2D eigenvalue weighted by atomic mass is 10.1. The molecule has 21 heavy (non-hydrogen) atoms. The Hall–Kier alpha value is -1.81. The molecule has 0 bridgehead atoms. The molecule has 0 atom stereocenters. The number of aryl methyl sites for hydroxylation is 2. The van der Waals surface area contributed by atoms with Crippen molar-refractivity contribution in [2.75, 3.05) is 6.54 Å². The summed E-state index contributed by atoms with van der Waals surface area (Å²) in [6.45, 7) is 7.89. The van der Waals surface area contributed by atoms with E-state index in [9.17, 15) is 0 Å². The molecule has 0 saturated heterocycles. The quantitative estimate of drug-likeness (QED) is 0.851. The summed E-state index contributed by atoms with van der Waals surface area (Å²) >= 11 is 0. The lowest BCUT2D eigenvalue weighted by Gasteiger charge is -2.09.